The lowest BCUT2D eigenvalue weighted by atomic mass is 10.5. The van der Waals surface area contributed by atoms with Crippen LogP contribution in [0.25, 0.3) is 0 Å². The molecule has 0 aliphatic carbocycles. The lowest BCUT2D eigenvalue weighted by molar-refractivity contribution is -0.134. The third-order valence-electron chi connectivity index (χ3n) is 1.53. The van der Waals surface area contributed by atoms with Crippen LogP contribution in [0.3, 0.4) is 0 Å². The normalized spacial score (nSPS) is 13.1. The Labute approximate surface area is 108 Å². The fraction of sp³-hybridized carbons (Fsp3) is 0.583. The molecule has 0 bridgehead atoms. The predicted octanol–water partition coefficient (Wildman–Crippen LogP) is 3.27. The molecule has 0 heterocycles. The lowest BCUT2D eigenvalue weighted by Gasteiger charge is -2.19. The molecule has 0 rings (SSSR count). The van der Waals surface area contributed by atoms with Crippen LogP contribution in [0.15, 0.2) is 24.0 Å². The van der Waals surface area contributed by atoms with Crippen LogP contribution in [-0.4, -0.2) is 25.3 Å². The van der Waals surface area contributed by atoms with Crippen molar-refractivity contribution in [2.75, 3.05) is 7.11 Å². The standard InChI is InChI=1S/C12H21O5P/c1-10(2)16-18(14,17-11(3)4)9-7-6-8-12(13)15-5/h6-11H,1-5H3/b8-6-,9-7-. The number of allylic oxidation sites excluding steroid dienone is 2. The van der Waals surface area contributed by atoms with E-state index in [4.69, 9.17) is 9.05 Å². The second-order valence-electron chi connectivity index (χ2n) is 4.07. The molecule has 0 aromatic carbocycles. The predicted molar refractivity (Wildman–Crippen MR) is 70.3 cm³/mol. The summed E-state index contributed by atoms with van der Waals surface area (Å²) in [6.45, 7) is 7.09. The lowest BCUT2D eigenvalue weighted by Crippen LogP contribution is -2.06. The molecule has 0 fully saturated rings. The van der Waals surface area contributed by atoms with E-state index in [1.807, 2.05) is 0 Å². The van der Waals surface area contributed by atoms with Crippen molar-refractivity contribution >= 4 is 13.6 Å². The van der Waals surface area contributed by atoms with Crippen LogP contribution in [0.5, 0.6) is 0 Å². The number of hydrogen-bond donors (Lipinski definition) is 0. The van der Waals surface area contributed by atoms with Gasteiger partial charge in [0.2, 0.25) is 0 Å². The number of methoxy groups -OCH3 is 1. The summed E-state index contributed by atoms with van der Waals surface area (Å²) in [5, 5.41) is 0. The topological polar surface area (TPSA) is 61.8 Å². The second kappa shape index (κ2) is 8.25. The van der Waals surface area contributed by atoms with Crippen LogP contribution in [0, 0.1) is 0 Å². The molecule has 0 N–H and O–H groups in total. The Morgan fingerprint density at radius 3 is 1.94 bits per heavy atom. The van der Waals surface area contributed by atoms with Gasteiger partial charge in [-0.05, 0) is 27.7 Å². The van der Waals surface area contributed by atoms with E-state index in [0.29, 0.717) is 0 Å². The summed E-state index contributed by atoms with van der Waals surface area (Å²) in [5.74, 6) is 0.843. The molecule has 0 aliphatic rings. The van der Waals surface area contributed by atoms with Gasteiger partial charge < -0.3 is 13.8 Å². The van der Waals surface area contributed by atoms with Crippen LogP contribution in [0.1, 0.15) is 27.7 Å². The zero-order valence-electron chi connectivity index (χ0n) is 11.5. The Hall–Kier alpha value is -0.900. The van der Waals surface area contributed by atoms with Crippen LogP contribution >= 0.6 is 7.60 Å². The van der Waals surface area contributed by atoms with Crippen molar-refractivity contribution in [3.63, 3.8) is 0 Å². The molecule has 5 nitrogen and oxygen atoms in total. The van der Waals surface area contributed by atoms with Crippen molar-refractivity contribution in [3.05, 3.63) is 24.0 Å². The highest BCUT2D eigenvalue weighted by molar-refractivity contribution is 7.57. The highest BCUT2D eigenvalue weighted by Gasteiger charge is 2.23. The zero-order valence-corrected chi connectivity index (χ0v) is 12.3. The summed E-state index contributed by atoms with van der Waals surface area (Å²) < 4.78 is 27.2. The number of esters is 1. The van der Waals surface area contributed by atoms with Gasteiger partial charge in [0.15, 0.2) is 0 Å². The van der Waals surface area contributed by atoms with Gasteiger partial charge in [-0.25, -0.2) is 4.79 Å². The minimum absolute atomic E-state index is 0.219. The number of hydrogen-bond acceptors (Lipinski definition) is 5. The molecule has 0 unspecified atom stereocenters. The molecule has 18 heavy (non-hydrogen) atoms. The quantitative estimate of drug-likeness (QED) is 0.309. The maximum absolute atomic E-state index is 12.3. The van der Waals surface area contributed by atoms with Crippen molar-refractivity contribution in [1.82, 2.24) is 0 Å². The first-order chi connectivity index (χ1) is 8.29. The van der Waals surface area contributed by atoms with Crippen molar-refractivity contribution in [2.45, 2.75) is 39.9 Å². The van der Waals surface area contributed by atoms with E-state index in [1.165, 1.54) is 31.2 Å². The minimum atomic E-state index is -3.28. The molecule has 6 heteroatoms. The smallest absolute Gasteiger partial charge is 0.354 e. The van der Waals surface area contributed by atoms with Gasteiger partial charge in [-0.15, -0.1) is 0 Å². The van der Waals surface area contributed by atoms with Gasteiger partial charge in [0.25, 0.3) is 0 Å². The van der Waals surface area contributed by atoms with Crippen molar-refractivity contribution in [1.29, 1.82) is 0 Å². The van der Waals surface area contributed by atoms with E-state index >= 15 is 0 Å². The molecule has 104 valence electrons. The van der Waals surface area contributed by atoms with E-state index in [-0.39, 0.29) is 12.2 Å². The molecule has 0 radical (unpaired) electrons. The highest BCUT2D eigenvalue weighted by atomic mass is 31.2. The number of rotatable bonds is 7. The molecule has 0 aliphatic heterocycles. The van der Waals surface area contributed by atoms with Crippen molar-refractivity contribution in [3.8, 4) is 0 Å². The Morgan fingerprint density at radius 1 is 1.06 bits per heavy atom. The molecule has 0 saturated heterocycles. The summed E-state index contributed by atoms with van der Waals surface area (Å²) >= 11 is 0. The van der Waals surface area contributed by atoms with Gasteiger partial charge in [0, 0.05) is 11.9 Å². The first-order valence-corrected chi connectivity index (χ1v) is 7.30. The molecular weight excluding hydrogens is 255 g/mol. The molecule has 0 atom stereocenters. The van der Waals surface area contributed by atoms with Crippen LogP contribution in [0.2, 0.25) is 0 Å². The Kier molecular flexibility index (Phi) is 7.83. The first-order valence-electron chi connectivity index (χ1n) is 5.69. The van der Waals surface area contributed by atoms with Gasteiger partial charge >= 0.3 is 13.6 Å². The van der Waals surface area contributed by atoms with E-state index in [9.17, 15) is 9.36 Å². The summed E-state index contributed by atoms with van der Waals surface area (Å²) in [7, 11) is -2.00. The molecule has 0 saturated carbocycles. The summed E-state index contributed by atoms with van der Waals surface area (Å²) in [5.41, 5.74) is 0. The fourth-order valence-corrected chi connectivity index (χ4v) is 2.72. The molecule has 0 aromatic rings. The third kappa shape index (κ3) is 8.23. The average molecular weight is 276 g/mol. The summed E-state index contributed by atoms with van der Waals surface area (Å²) in [4.78, 5) is 10.8. The highest BCUT2D eigenvalue weighted by Crippen LogP contribution is 2.51. The van der Waals surface area contributed by atoms with E-state index in [0.717, 1.165) is 0 Å². The zero-order chi connectivity index (χ0) is 14.2. The Morgan fingerprint density at radius 2 is 1.56 bits per heavy atom. The molecule has 0 spiro atoms. The van der Waals surface area contributed by atoms with Gasteiger partial charge in [-0.3, -0.25) is 4.57 Å². The summed E-state index contributed by atoms with van der Waals surface area (Å²) in [6, 6.07) is 0. The van der Waals surface area contributed by atoms with Crippen molar-refractivity contribution < 1.29 is 23.1 Å². The number of carbonyl (C=O) groups is 1. The SMILES string of the molecule is COC(=O)/C=C\C=C/P(=O)(OC(C)C)OC(C)C. The largest absolute Gasteiger partial charge is 0.466 e. The second-order valence-corrected chi connectivity index (χ2v) is 5.87. The minimum Gasteiger partial charge on any atom is -0.466 e. The Balaban J connectivity index is 4.68. The number of carbonyl (C=O) groups excluding carboxylic acids is 1. The van der Waals surface area contributed by atoms with Gasteiger partial charge in [-0.1, -0.05) is 12.2 Å². The van der Waals surface area contributed by atoms with Gasteiger partial charge in [-0.2, -0.15) is 0 Å². The van der Waals surface area contributed by atoms with E-state index < -0.39 is 13.6 Å². The van der Waals surface area contributed by atoms with Crippen LogP contribution in [-0.2, 0) is 23.1 Å². The Bertz CT molecular complexity index is 343. The molecule has 0 amide bonds. The number of ether oxygens (including phenoxy) is 1. The third-order valence-corrected chi connectivity index (χ3v) is 3.50. The summed E-state index contributed by atoms with van der Waals surface area (Å²) in [6.07, 6.45) is 3.65. The van der Waals surface area contributed by atoms with Gasteiger partial charge in [0.05, 0.1) is 19.3 Å². The monoisotopic (exact) mass is 276 g/mol. The maximum Gasteiger partial charge on any atom is 0.354 e. The molecule has 0 aromatic heterocycles. The van der Waals surface area contributed by atoms with Crippen LogP contribution in [0.4, 0.5) is 0 Å². The fourth-order valence-electron chi connectivity index (χ4n) is 1.04. The molecular formula is C12H21O5P. The van der Waals surface area contributed by atoms with E-state index in [1.54, 1.807) is 27.7 Å². The average Bonchev–Trinajstić information content (AvgIpc) is 2.21. The van der Waals surface area contributed by atoms with E-state index in [2.05, 4.69) is 4.74 Å². The first kappa shape index (κ1) is 17.1. The van der Waals surface area contributed by atoms with Crippen molar-refractivity contribution in [2.24, 2.45) is 0 Å². The van der Waals surface area contributed by atoms with Gasteiger partial charge in [0.1, 0.15) is 0 Å². The maximum atomic E-state index is 12.3. The van der Waals surface area contributed by atoms with Crippen LogP contribution < -0.4 is 0 Å².